The second-order valence-electron chi connectivity index (χ2n) is 4.44. The lowest BCUT2D eigenvalue weighted by atomic mass is 10.1. The molecule has 0 unspecified atom stereocenters. The van der Waals surface area contributed by atoms with Gasteiger partial charge in [-0.15, -0.1) is 0 Å². The maximum Gasteiger partial charge on any atom is 0.337 e. The Morgan fingerprint density at radius 1 is 1.43 bits per heavy atom. The molecule has 0 aromatic heterocycles. The highest BCUT2D eigenvalue weighted by Gasteiger charge is 2.28. The summed E-state index contributed by atoms with van der Waals surface area (Å²) in [4.78, 5) is 44.1. The molecule has 1 aromatic carbocycles. The summed E-state index contributed by atoms with van der Waals surface area (Å²) in [6, 6.07) is 2.29. The first-order valence-corrected chi connectivity index (χ1v) is 6.00. The summed E-state index contributed by atoms with van der Waals surface area (Å²) in [6.07, 6.45) is 0.501. The van der Waals surface area contributed by atoms with E-state index in [1.54, 1.807) is 0 Å². The fourth-order valence-corrected chi connectivity index (χ4v) is 1.97. The quantitative estimate of drug-likeness (QED) is 0.546. The molecule has 2 rings (SSSR count). The van der Waals surface area contributed by atoms with Gasteiger partial charge in [0.1, 0.15) is 6.04 Å². The summed E-state index contributed by atoms with van der Waals surface area (Å²) in [5.41, 5.74) is -0.785. The molecule has 110 valence electrons. The van der Waals surface area contributed by atoms with E-state index in [-0.39, 0.29) is 29.3 Å². The number of benzene rings is 1. The molecule has 1 heterocycles. The highest BCUT2D eigenvalue weighted by Crippen LogP contribution is 2.23. The first-order valence-electron chi connectivity index (χ1n) is 6.00. The monoisotopic (exact) mass is 293 g/mol. The number of hydrogen-bond acceptors (Lipinski definition) is 5. The van der Waals surface area contributed by atoms with Gasteiger partial charge in [0.25, 0.3) is 5.69 Å². The Hall–Kier alpha value is -2.97. The van der Waals surface area contributed by atoms with Gasteiger partial charge in [0.05, 0.1) is 16.2 Å². The molecule has 0 radical (unpaired) electrons. The molecule has 21 heavy (non-hydrogen) atoms. The fraction of sp³-hybridized carbons (Fsp3) is 0.250. The lowest BCUT2D eigenvalue weighted by Crippen LogP contribution is -2.37. The number of nitro groups is 1. The molecule has 0 aliphatic carbocycles. The Morgan fingerprint density at radius 3 is 2.67 bits per heavy atom. The number of nitro benzene ring substituents is 1. The third-order valence-electron chi connectivity index (χ3n) is 3.01. The van der Waals surface area contributed by atoms with E-state index in [9.17, 15) is 24.5 Å². The number of aromatic carboxylic acids is 1. The van der Waals surface area contributed by atoms with E-state index in [0.29, 0.717) is 6.42 Å². The highest BCUT2D eigenvalue weighted by molar-refractivity contribution is 6.04. The average Bonchev–Trinajstić information content (AvgIpc) is 2.85. The van der Waals surface area contributed by atoms with Crippen molar-refractivity contribution in [1.29, 1.82) is 0 Å². The Labute approximate surface area is 118 Å². The number of nitrogens with one attached hydrogen (secondary N) is 2. The summed E-state index contributed by atoms with van der Waals surface area (Å²) < 4.78 is 0. The van der Waals surface area contributed by atoms with Crippen molar-refractivity contribution >= 4 is 29.2 Å². The number of amides is 2. The SMILES string of the molecule is O=C1CC[C@@H](C(=O)Nc2cc([N+](=O)[O-])ccc2C(=O)O)N1. The second kappa shape index (κ2) is 5.57. The molecule has 3 N–H and O–H groups in total. The van der Waals surface area contributed by atoms with Crippen molar-refractivity contribution in [3.8, 4) is 0 Å². The molecule has 2 amide bonds. The van der Waals surface area contributed by atoms with E-state index in [1.807, 2.05) is 0 Å². The lowest BCUT2D eigenvalue weighted by molar-refractivity contribution is -0.384. The van der Waals surface area contributed by atoms with Gasteiger partial charge in [-0.05, 0) is 12.5 Å². The Kier molecular flexibility index (Phi) is 3.83. The van der Waals surface area contributed by atoms with Crippen molar-refractivity contribution < 1.29 is 24.4 Å². The third-order valence-corrected chi connectivity index (χ3v) is 3.01. The van der Waals surface area contributed by atoms with Crippen molar-refractivity contribution in [2.75, 3.05) is 5.32 Å². The molecular formula is C12H11N3O6. The summed E-state index contributed by atoms with van der Waals surface area (Å²) in [5.74, 6) is -2.20. The fourth-order valence-electron chi connectivity index (χ4n) is 1.97. The van der Waals surface area contributed by atoms with Crippen LogP contribution in [0.5, 0.6) is 0 Å². The molecule has 0 bridgehead atoms. The summed E-state index contributed by atoms with van der Waals surface area (Å²) >= 11 is 0. The van der Waals surface area contributed by atoms with Crippen molar-refractivity contribution in [3.05, 3.63) is 33.9 Å². The highest BCUT2D eigenvalue weighted by atomic mass is 16.6. The van der Waals surface area contributed by atoms with Crippen LogP contribution in [0.3, 0.4) is 0 Å². The molecule has 0 spiro atoms. The van der Waals surface area contributed by atoms with Gasteiger partial charge < -0.3 is 15.7 Å². The largest absolute Gasteiger partial charge is 0.478 e. The number of rotatable bonds is 4. The summed E-state index contributed by atoms with van der Waals surface area (Å²) in [6.45, 7) is 0. The van der Waals surface area contributed by atoms with E-state index in [0.717, 1.165) is 18.2 Å². The molecule has 0 saturated carbocycles. The van der Waals surface area contributed by atoms with Gasteiger partial charge in [0.15, 0.2) is 0 Å². The van der Waals surface area contributed by atoms with Gasteiger partial charge in [-0.1, -0.05) is 0 Å². The van der Waals surface area contributed by atoms with Crippen LogP contribution in [0.1, 0.15) is 23.2 Å². The first-order chi connectivity index (χ1) is 9.88. The van der Waals surface area contributed by atoms with Crippen molar-refractivity contribution in [2.45, 2.75) is 18.9 Å². The minimum atomic E-state index is -1.32. The number of carboxylic acid groups (broad SMARTS) is 1. The number of non-ortho nitro benzene ring substituents is 1. The molecule has 1 aliphatic rings. The summed E-state index contributed by atoms with van der Waals surface area (Å²) in [7, 11) is 0. The molecule has 1 aliphatic heterocycles. The van der Waals surface area contributed by atoms with Crippen LogP contribution in [-0.4, -0.2) is 33.9 Å². The van der Waals surface area contributed by atoms with Gasteiger partial charge >= 0.3 is 5.97 Å². The number of carboxylic acids is 1. The van der Waals surface area contributed by atoms with Crippen LogP contribution in [0.25, 0.3) is 0 Å². The first kappa shape index (κ1) is 14.4. The topological polar surface area (TPSA) is 139 Å². The molecule has 9 nitrogen and oxygen atoms in total. The number of anilines is 1. The molecule has 9 heteroatoms. The van der Waals surface area contributed by atoms with Crippen LogP contribution in [0.15, 0.2) is 18.2 Å². The minimum absolute atomic E-state index is 0.178. The van der Waals surface area contributed by atoms with Gasteiger partial charge in [-0.2, -0.15) is 0 Å². The van der Waals surface area contributed by atoms with Crippen molar-refractivity contribution in [1.82, 2.24) is 5.32 Å². The van der Waals surface area contributed by atoms with Crippen molar-refractivity contribution in [2.24, 2.45) is 0 Å². The molecule has 1 fully saturated rings. The van der Waals surface area contributed by atoms with Crippen LogP contribution in [-0.2, 0) is 9.59 Å². The third kappa shape index (κ3) is 3.14. The Morgan fingerprint density at radius 2 is 2.14 bits per heavy atom. The molecule has 1 saturated heterocycles. The van der Waals surface area contributed by atoms with Crippen molar-refractivity contribution in [3.63, 3.8) is 0 Å². The van der Waals surface area contributed by atoms with Gasteiger partial charge in [0.2, 0.25) is 11.8 Å². The molecular weight excluding hydrogens is 282 g/mol. The van der Waals surface area contributed by atoms with Crippen LogP contribution in [0, 0.1) is 10.1 Å². The van der Waals surface area contributed by atoms with Gasteiger partial charge in [0, 0.05) is 18.6 Å². The smallest absolute Gasteiger partial charge is 0.337 e. The van der Waals surface area contributed by atoms with Crippen LogP contribution < -0.4 is 10.6 Å². The number of carbonyl (C=O) groups is 3. The zero-order valence-electron chi connectivity index (χ0n) is 10.7. The van der Waals surface area contributed by atoms with Crippen LogP contribution in [0.2, 0.25) is 0 Å². The minimum Gasteiger partial charge on any atom is -0.478 e. The predicted octanol–water partition coefficient (Wildman–Crippen LogP) is 0.510. The van der Waals surface area contributed by atoms with Crippen LogP contribution in [0.4, 0.5) is 11.4 Å². The number of carbonyl (C=O) groups excluding carboxylic acids is 2. The number of hydrogen-bond donors (Lipinski definition) is 3. The van der Waals surface area contributed by atoms with Crippen LogP contribution >= 0.6 is 0 Å². The van der Waals surface area contributed by atoms with E-state index in [4.69, 9.17) is 5.11 Å². The second-order valence-corrected chi connectivity index (χ2v) is 4.44. The average molecular weight is 293 g/mol. The standard InChI is InChI=1S/C12H11N3O6/c16-10-4-3-8(13-10)11(17)14-9-5-6(15(20)21)1-2-7(9)12(18)19/h1-2,5,8H,3-4H2,(H,13,16)(H,14,17)(H,18,19)/t8-/m0/s1. The van der Waals surface area contributed by atoms with Gasteiger partial charge in [-0.25, -0.2) is 4.79 Å². The maximum absolute atomic E-state index is 11.9. The van der Waals surface area contributed by atoms with E-state index >= 15 is 0 Å². The zero-order chi connectivity index (χ0) is 15.6. The normalized spacial score (nSPS) is 17.1. The van der Waals surface area contributed by atoms with Gasteiger partial charge in [-0.3, -0.25) is 19.7 Å². The van der Waals surface area contributed by atoms with E-state index < -0.39 is 22.8 Å². The van der Waals surface area contributed by atoms with E-state index in [2.05, 4.69) is 10.6 Å². The molecule has 1 atom stereocenters. The Balaban J connectivity index is 2.26. The maximum atomic E-state index is 11.9. The van der Waals surface area contributed by atoms with E-state index in [1.165, 1.54) is 0 Å². The summed E-state index contributed by atoms with van der Waals surface area (Å²) in [5, 5.41) is 24.5. The number of nitrogens with zero attached hydrogens (tertiary/aromatic N) is 1. The Bertz CT molecular complexity index is 642. The predicted molar refractivity (Wildman–Crippen MR) is 69.9 cm³/mol. The zero-order valence-corrected chi connectivity index (χ0v) is 10.7. The lowest BCUT2D eigenvalue weighted by Gasteiger charge is -2.12. The molecule has 1 aromatic rings.